The van der Waals surface area contributed by atoms with Gasteiger partial charge in [-0.25, -0.2) is 9.59 Å². The molecule has 0 heterocycles. The van der Waals surface area contributed by atoms with E-state index in [1.54, 1.807) is 18.2 Å². The van der Waals surface area contributed by atoms with Gasteiger partial charge in [-0.3, -0.25) is 4.99 Å². The van der Waals surface area contributed by atoms with Crippen LogP contribution in [0, 0.1) is 0 Å². The van der Waals surface area contributed by atoms with E-state index >= 15 is 0 Å². The number of ether oxygens (including phenoxy) is 5. The summed E-state index contributed by atoms with van der Waals surface area (Å²) in [5.41, 5.74) is 0.918. The standard InChI is InChI=1S/C25H23NO9/c1-31-20-9-14(13-26-16-6-7-17(24(28)29)18(27)12-16)5-8-19(20)35-25(30)15-10-21(32-2)23(34-4)22(11-15)33-3/h5-13,27H,1-4H3,(H,28,29). The Bertz CT molecular complexity index is 1260. The summed E-state index contributed by atoms with van der Waals surface area (Å²) in [5, 5.41) is 18.8. The number of carboxylic acid groups (broad SMARTS) is 1. The number of nitrogens with zero attached hydrogens (tertiary/aromatic N) is 1. The van der Waals surface area contributed by atoms with Gasteiger partial charge in [-0.1, -0.05) is 0 Å². The molecule has 0 spiro atoms. The van der Waals surface area contributed by atoms with Crippen molar-refractivity contribution in [1.82, 2.24) is 0 Å². The van der Waals surface area contributed by atoms with Crippen LogP contribution in [0.5, 0.6) is 34.5 Å². The lowest BCUT2D eigenvalue weighted by Crippen LogP contribution is -2.10. The van der Waals surface area contributed by atoms with E-state index in [4.69, 9.17) is 28.8 Å². The molecule has 0 atom stereocenters. The summed E-state index contributed by atoms with van der Waals surface area (Å²) >= 11 is 0. The molecule has 0 unspecified atom stereocenters. The number of hydrogen-bond donors (Lipinski definition) is 2. The summed E-state index contributed by atoms with van der Waals surface area (Å²) in [4.78, 5) is 28.0. The highest BCUT2D eigenvalue weighted by Gasteiger charge is 2.19. The highest BCUT2D eigenvalue weighted by molar-refractivity contribution is 5.93. The number of methoxy groups -OCH3 is 4. The molecule has 3 aromatic rings. The fourth-order valence-corrected chi connectivity index (χ4v) is 3.14. The highest BCUT2D eigenvalue weighted by Crippen LogP contribution is 2.39. The smallest absolute Gasteiger partial charge is 0.343 e. The molecule has 35 heavy (non-hydrogen) atoms. The Morgan fingerprint density at radius 1 is 0.800 bits per heavy atom. The van der Waals surface area contributed by atoms with E-state index < -0.39 is 17.7 Å². The number of carbonyl (C=O) groups is 2. The van der Waals surface area contributed by atoms with Crippen LogP contribution in [0.3, 0.4) is 0 Å². The summed E-state index contributed by atoms with van der Waals surface area (Å²) in [6.45, 7) is 0. The third kappa shape index (κ3) is 5.61. The summed E-state index contributed by atoms with van der Waals surface area (Å²) in [7, 11) is 5.77. The van der Waals surface area contributed by atoms with E-state index in [2.05, 4.69) is 4.99 Å². The summed E-state index contributed by atoms with van der Waals surface area (Å²) < 4.78 is 26.7. The monoisotopic (exact) mass is 481 g/mol. The maximum Gasteiger partial charge on any atom is 0.343 e. The molecule has 0 aliphatic carbocycles. The quantitative estimate of drug-likeness (QED) is 0.263. The van der Waals surface area contributed by atoms with Crippen LogP contribution in [0.4, 0.5) is 5.69 Å². The number of phenols is 1. The Balaban J connectivity index is 1.82. The van der Waals surface area contributed by atoms with Crippen molar-refractivity contribution < 1.29 is 43.5 Å². The van der Waals surface area contributed by atoms with Gasteiger partial charge in [0.1, 0.15) is 11.3 Å². The number of carbonyl (C=O) groups excluding carboxylic acids is 1. The maximum atomic E-state index is 12.8. The summed E-state index contributed by atoms with van der Waals surface area (Å²) in [5.74, 6) is -0.889. The second-order valence-corrected chi connectivity index (χ2v) is 6.98. The van der Waals surface area contributed by atoms with Crippen molar-refractivity contribution >= 4 is 23.8 Å². The third-order valence-electron chi connectivity index (χ3n) is 4.87. The first kappa shape index (κ1) is 24.9. The molecular weight excluding hydrogens is 458 g/mol. The predicted octanol–water partition coefficient (Wildman–Crippen LogP) is 4.09. The van der Waals surface area contributed by atoms with Crippen LogP contribution in [-0.2, 0) is 0 Å². The Labute approximate surface area is 200 Å². The van der Waals surface area contributed by atoms with E-state index in [1.807, 2.05) is 0 Å². The number of aliphatic imine (C=N–C) groups is 1. The predicted molar refractivity (Wildman–Crippen MR) is 126 cm³/mol. The molecule has 0 aromatic heterocycles. The summed E-state index contributed by atoms with van der Waals surface area (Å²) in [6, 6.07) is 11.7. The lowest BCUT2D eigenvalue weighted by molar-refractivity contribution is 0.0691. The van der Waals surface area contributed by atoms with Gasteiger partial charge in [0.2, 0.25) is 5.75 Å². The Hall–Kier alpha value is -4.73. The third-order valence-corrected chi connectivity index (χ3v) is 4.87. The van der Waals surface area contributed by atoms with Gasteiger partial charge < -0.3 is 33.9 Å². The molecule has 0 saturated heterocycles. The van der Waals surface area contributed by atoms with E-state index in [0.29, 0.717) is 28.5 Å². The molecule has 2 N–H and O–H groups in total. The average Bonchev–Trinajstić information content (AvgIpc) is 2.86. The van der Waals surface area contributed by atoms with Crippen LogP contribution < -0.4 is 23.7 Å². The molecular formula is C25H23NO9. The topological polar surface area (TPSA) is 133 Å². The number of carboxylic acids is 1. The molecule has 3 aromatic carbocycles. The molecule has 3 rings (SSSR count). The van der Waals surface area contributed by atoms with Gasteiger partial charge in [-0.05, 0) is 48.0 Å². The number of benzene rings is 3. The van der Waals surface area contributed by atoms with Crippen molar-refractivity contribution in [3.05, 3.63) is 65.2 Å². The number of hydrogen-bond acceptors (Lipinski definition) is 9. The molecule has 10 nitrogen and oxygen atoms in total. The Morgan fingerprint density at radius 2 is 1.46 bits per heavy atom. The molecule has 10 heteroatoms. The van der Waals surface area contributed by atoms with E-state index in [0.717, 1.165) is 0 Å². The fourth-order valence-electron chi connectivity index (χ4n) is 3.14. The average molecular weight is 481 g/mol. The summed E-state index contributed by atoms with van der Waals surface area (Å²) in [6.07, 6.45) is 1.49. The first-order valence-electron chi connectivity index (χ1n) is 10.1. The number of esters is 1. The van der Waals surface area contributed by atoms with Crippen LogP contribution >= 0.6 is 0 Å². The molecule has 0 aliphatic rings. The Kier molecular flexibility index (Phi) is 7.77. The van der Waals surface area contributed by atoms with Crippen molar-refractivity contribution in [1.29, 1.82) is 0 Å². The zero-order chi connectivity index (χ0) is 25.5. The number of aromatic carboxylic acids is 1. The van der Waals surface area contributed by atoms with Crippen LogP contribution in [-0.4, -0.2) is 56.8 Å². The molecule has 0 bridgehead atoms. The lowest BCUT2D eigenvalue weighted by Gasteiger charge is -2.14. The van der Waals surface area contributed by atoms with Gasteiger partial charge in [-0.2, -0.15) is 0 Å². The van der Waals surface area contributed by atoms with E-state index in [-0.39, 0.29) is 22.6 Å². The molecule has 0 aliphatic heterocycles. The van der Waals surface area contributed by atoms with Crippen molar-refractivity contribution in [3.63, 3.8) is 0 Å². The minimum Gasteiger partial charge on any atom is -0.507 e. The van der Waals surface area contributed by atoms with Gasteiger partial charge in [0.25, 0.3) is 0 Å². The zero-order valence-corrected chi connectivity index (χ0v) is 19.4. The molecule has 0 radical (unpaired) electrons. The highest BCUT2D eigenvalue weighted by atomic mass is 16.6. The normalized spacial score (nSPS) is 10.6. The van der Waals surface area contributed by atoms with Crippen LogP contribution in [0.1, 0.15) is 26.3 Å². The number of rotatable bonds is 9. The molecule has 0 amide bonds. The maximum absolute atomic E-state index is 12.8. The van der Waals surface area contributed by atoms with Gasteiger partial charge >= 0.3 is 11.9 Å². The molecule has 0 saturated carbocycles. The van der Waals surface area contributed by atoms with E-state index in [9.17, 15) is 14.7 Å². The van der Waals surface area contributed by atoms with Gasteiger partial charge in [0.15, 0.2) is 23.0 Å². The van der Waals surface area contributed by atoms with Crippen LogP contribution in [0.25, 0.3) is 0 Å². The van der Waals surface area contributed by atoms with Gasteiger partial charge in [0.05, 0.1) is 39.7 Å². The number of aromatic hydroxyl groups is 1. The van der Waals surface area contributed by atoms with Crippen molar-refractivity contribution in [2.45, 2.75) is 0 Å². The first-order chi connectivity index (χ1) is 16.8. The van der Waals surface area contributed by atoms with Crippen molar-refractivity contribution in [3.8, 4) is 34.5 Å². The van der Waals surface area contributed by atoms with Gasteiger partial charge in [0, 0.05) is 12.3 Å². The largest absolute Gasteiger partial charge is 0.507 e. The first-order valence-corrected chi connectivity index (χ1v) is 10.1. The lowest BCUT2D eigenvalue weighted by atomic mass is 10.1. The van der Waals surface area contributed by atoms with E-state index in [1.165, 1.54) is 65.0 Å². The fraction of sp³-hybridized carbons (Fsp3) is 0.160. The van der Waals surface area contributed by atoms with Gasteiger partial charge in [-0.15, -0.1) is 0 Å². The zero-order valence-electron chi connectivity index (χ0n) is 19.4. The molecule has 0 fully saturated rings. The van der Waals surface area contributed by atoms with Crippen LogP contribution in [0.15, 0.2) is 53.5 Å². The minimum absolute atomic E-state index is 0.173. The minimum atomic E-state index is -1.24. The second-order valence-electron chi connectivity index (χ2n) is 6.98. The second kappa shape index (κ2) is 10.9. The van der Waals surface area contributed by atoms with Crippen molar-refractivity contribution in [2.24, 2.45) is 4.99 Å². The van der Waals surface area contributed by atoms with Crippen LogP contribution in [0.2, 0.25) is 0 Å². The van der Waals surface area contributed by atoms with Crippen molar-refractivity contribution in [2.75, 3.05) is 28.4 Å². The SMILES string of the molecule is COc1cc(C=Nc2ccc(C(=O)O)c(O)c2)ccc1OC(=O)c1cc(OC)c(OC)c(OC)c1. The molecule has 182 valence electrons. The Morgan fingerprint density at radius 3 is 2.00 bits per heavy atom.